The van der Waals surface area contributed by atoms with Crippen molar-refractivity contribution in [3.8, 4) is 11.5 Å². The van der Waals surface area contributed by atoms with Crippen LogP contribution in [0.5, 0.6) is 11.5 Å². The molecule has 0 spiro atoms. The number of aromatic nitrogens is 1. The molecule has 98 valence electrons. The number of ether oxygens (including phenoxy) is 2. The van der Waals surface area contributed by atoms with Gasteiger partial charge in [0, 0.05) is 16.6 Å². The number of benzene rings is 1. The van der Waals surface area contributed by atoms with Crippen LogP contribution >= 0.6 is 11.6 Å². The Labute approximate surface area is 116 Å². The first-order chi connectivity index (χ1) is 9.24. The topological polar surface area (TPSA) is 43.4 Å². The van der Waals surface area contributed by atoms with Crippen LogP contribution in [0.25, 0.3) is 10.8 Å². The van der Waals surface area contributed by atoms with Crippen LogP contribution in [0.3, 0.4) is 0 Å². The summed E-state index contributed by atoms with van der Waals surface area (Å²) in [7, 11) is 0. The molecule has 0 amide bonds. The van der Waals surface area contributed by atoms with Crippen LogP contribution in [0.1, 0.15) is 0 Å². The quantitative estimate of drug-likeness (QED) is 0.935. The van der Waals surface area contributed by atoms with Gasteiger partial charge >= 0.3 is 0 Å². The molecular formula is C14H13ClN2O2. The molecule has 5 heteroatoms. The highest BCUT2D eigenvalue weighted by Crippen LogP contribution is 2.36. The van der Waals surface area contributed by atoms with E-state index >= 15 is 0 Å². The molecule has 1 aliphatic rings. The van der Waals surface area contributed by atoms with Gasteiger partial charge in [0.2, 0.25) is 0 Å². The zero-order valence-electron chi connectivity index (χ0n) is 10.3. The molecular weight excluding hydrogens is 264 g/mol. The first kappa shape index (κ1) is 12.1. The summed E-state index contributed by atoms with van der Waals surface area (Å²) in [5.41, 5.74) is 0. The number of halogens is 1. The number of rotatable bonds is 3. The lowest BCUT2D eigenvalue weighted by atomic mass is 10.1. The van der Waals surface area contributed by atoms with Gasteiger partial charge in [-0.15, -0.1) is 0 Å². The maximum absolute atomic E-state index is 5.76. The van der Waals surface area contributed by atoms with E-state index in [-0.39, 0.29) is 0 Å². The van der Waals surface area contributed by atoms with Crippen molar-refractivity contribution >= 4 is 28.2 Å². The van der Waals surface area contributed by atoms with Gasteiger partial charge in [-0.1, -0.05) is 18.2 Å². The Bertz CT molecular complexity index is 643. The summed E-state index contributed by atoms with van der Waals surface area (Å²) in [4.78, 5) is 4.32. The summed E-state index contributed by atoms with van der Waals surface area (Å²) < 4.78 is 11.2. The van der Waals surface area contributed by atoms with Gasteiger partial charge in [-0.05, 0) is 23.6 Å². The smallest absolute Gasteiger partial charge is 0.162 e. The number of pyridine rings is 1. The minimum Gasteiger partial charge on any atom is -0.486 e. The predicted octanol–water partition coefficient (Wildman–Crippen LogP) is 3.17. The number of hydrogen-bond acceptors (Lipinski definition) is 4. The zero-order chi connectivity index (χ0) is 13.2. The average molecular weight is 277 g/mol. The van der Waals surface area contributed by atoms with E-state index in [1.807, 2.05) is 18.2 Å². The predicted molar refractivity (Wildman–Crippen MR) is 76.2 cm³/mol. The van der Waals surface area contributed by atoms with E-state index in [0.29, 0.717) is 24.8 Å². The molecule has 1 aromatic carbocycles. The molecule has 0 atom stereocenters. The second kappa shape index (κ2) is 4.97. The molecule has 19 heavy (non-hydrogen) atoms. The van der Waals surface area contributed by atoms with Gasteiger partial charge in [-0.25, -0.2) is 4.98 Å². The van der Waals surface area contributed by atoms with Crippen LogP contribution in [-0.2, 0) is 0 Å². The molecule has 2 aromatic rings. The molecule has 0 bridgehead atoms. The second-order valence-corrected chi connectivity index (χ2v) is 4.78. The van der Waals surface area contributed by atoms with E-state index in [4.69, 9.17) is 21.1 Å². The maximum atomic E-state index is 5.76. The first-order valence-corrected chi connectivity index (χ1v) is 6.37. The van der Waals surface area contributed by atoms with Crippen LogP contribution in [-0.4, -0.2) is 24.7 Å². The van der Waals surface area contributed by atoms with Crippen molar-refractivity contribution in [2.75, 3.05) is 25.1 Å². The van der Waals surface area contributed by atoms with E-state index < -0.39 is 0 Å². The molecule has 1 N–H and O–H groups in total. The second-order valence-electron chi connectivity index (χ2n) is 4.25. The van der Waals surface area contributed by atoms with Crippen LogP contribution < -0.4 is 14.8 Å². The molecule has 1 aliphatic heterocycles. The van der Waals surface area contributed by atoms with Gasteiger partial charge in [-0.3, -0.25) is 0 Å². The molecule has 0 saturated heterocycles. The van der Waals surface area contributed by atoms with Crippen molar-refractivity contribution in [2.45, 2.75) is 0 Å². The number of nitrogens with one attached hydrogen (secondary N) is 1. The third-order valence-electron chi connectivity index (χ3n) is 2.87. The van der Waals surface area contributed by atoms with E-state index in [1.165, 1.54) is 0 Å². The molecule has 1 aromatic heterocycles. The van der Waals surface area contributed by atoms with Crippen LogP contribution in [0.2, 0.25) is 0 Å². The van der Waals surface area contributed by atoms with Crippen LogP contribution in [0, 0.1) is 0 Å². The Morgan fingerprint density at radius 2 is 2.05 bits per heavy atom. The highest BCUT2D eigenvalue weighted by molar-refractivity contribution is 6.29. The van der Waals surface area contributed by atoms with Gasteiger partial charge in [0.1, 0.15) is 19.0 Å². The maximum Gasteiger partial charge on any atom is 0.162 e. The van der Waals surface area contributed by atoms with Gasteiger partial charge < -0.3 is 14.8 Å². The third-order valence-corrected chi connectivity index (χ3v) is 3.01. The number of anilines is 1. The summed E-state index contributed by atoms with van der Waals surface area (Å²) in [5, 5.41) is 5.71. The standard InChI is InChI=1S/C14H13ClN2O2/c1-9(15)8-17-14-11-7-13-12(18-4-5-19-13)6-10(11)2-3-16-14/h2-3,6-7H,1,4-5,8H2,(H,16,17). The molecule has 2 heterocycles. The van der Waals surface area contributed by atoms with Crippen molar-refractivity contribution in [2.24, 2.45) is 0 Å². The minimum absolute atomic E-state index is 0.474. The van der Waals surface area contributed by atoms with Crippen LogP contribution in [0.15, 0.2) is 36.0 Å². The van der Waals surface area contributed by atoms with E-state index in [1.54, 1.807) is 6.20 Å². The van der Waals surface area contributed by atoms with Gasteiger partial charge in [0.05, 0.1) is 6.54 Å². The summed E-state index contributed by atoms with van der Waals surface area (Å²) in [6, 6.07) is 5.84. The Morgan fingerprint density at radius 1 is 1.32 bits per heavy atom. The normalized spacial score (nSPS) is 13.3. The molecule has 3 rings (SSSR count). The van der Waals surface area contributed by atoms with Gasteiger partial charge in [0.15, 0.2) is 11.5 Å². The largest absolute Gasteiger partial charge is 0.486 e. The highest BCUT2D eigenvalue weighted by atomic mass is 35.5. The Kier molecular flexibility index (Phi) is 3.17. The first-order valence-electron chi connectivity index (χ1n) is 5.99. The fraction of sp³-hybridized carbons (Fsp3) is 0.214. The minimum atomic E-state index is 0.474. The number of fused-ring (bicyclic) bond motifs is 2. The average Bonchev–Trinajstić information content (AvgIpc) is 2.42. The Balaban J connectivity index is 2.05. The summed E-state index contributed by atoms with van der Waals surface area (Å²) in [6.45, 7) is 5.28. The lowest BCUT2D eigenvalue weighted by molar-refractivity contribution is 0.172. The lowest BCUT2D eigenvalue weighted by Crippen LogP contribution is -2.15. The molecule has 0 fully saturated rings. The monoisotopic (exact) mass is 276 g/mol. The number of nitrogens with zero attached hydrogens (tertiary/aromatic N) is 1. The fourth-order valence-corrected chi connectivity index (χ4v) is 2.10. The van der Waals surface area contributed by atoms with Crippen molar-refractivity contribution in [1.82, 2.24) is 4.98 Å². The molecule has 0 radical (unpaired) electrons. The highest BCUT2D eigenvalue weighted by Gasteiger charge is 2.14. The van der Waals surface area contributed by atoms with E-state index in [9.17, 15) is 0 Å². The fourth-order valence-electron chi connectivity index (χ4n) is 2.03. The molecule has 0 unspecified atom stereocenters. The zero-order valence-corrected chi connectivity index (χ0v) is 11.0. The van der Waals surface area contributed by atoms with Gasteiger partial charge in [0.25, 0.3) is 0 Å². The van der Waals surface area contributed by atoms with Crippen molar-refractivity contribution < 1.29 is 9.47 Å². The number of hydrogen-bond donors (Lipinski definition) is 1. The third kappa shape index (κ3) is 2.44. The Morgan fingerprint density at radius 3 is 2.79 bits per heavy atom. The van der Waals surface area contributed by atoms with Gasteiger partial charge in [-0.2, -0.15) is 0 Å². The van der Waals surface area contributed by atoms with E-state index in [0.717, 1.165) is 28.1 Å². The van der Waals surface area contributed by atoms with E-state index in [2.05, 4.69) is 16.9 Å². The summed E-state index contributed by atoms with van der Waals surface area (Å²) in [5.74, 6) is 2.29. The van der Waals surface area contributed by atoms with Crippen molar-refractivity contribution in [3.63, 3.8) is 0 Å². The Hall–Kier alpha value is -1.94. The molecule has 0 saturated carbocycles. The molecule has 4 nitrogen and oxygen atoms in total. The lowest BCUT2D eigenvalue weighted by Gasteiger charge is -2.19. The summed E-state index contributed by atoms with van der Waals surface area (Å²) in [6.07, 6.45) is 1.75. The molecule has 0 aliphatic carbocycles. The summed E-state index contributed by atoms with van der Waals surface area (Å²) >= 11 is 5.76. The SMILES string of the molecule is C=C(Cl)CNc1nccc2cc3c(cc12)OCCO3. The van der Waals surface area contributed by atoms with Crippen molar-refractivity contribution in [3.05, 3.63) is 36.0 Å². The van der Waals surface area contributed by atoms with Crippen LogP contribution in [0.4, 0.5) is 5.82 Å². The van der Waals surface area contributed by atoms with Crippen molar-refractivity contribution in [1.29, 1.82) is 0 Å².